The predicted molar refractivity (Wildman–Crippen MR) is 89.8 cm³/mol. The maximum absolute atomic E-state index is 12.2. The Hall–Kier alpha value is -1.26. The molecule has 0 spiro atoms. The lowest BCUT2D eigenvalue weighted by Gasteiger charge is -2.20. The van der Waals surface area contributed by atoms with Crippen molar-refractivity contribution in [1.29, 1.82) is 0 Å². The number of hydrogen-bond donors (Lipinski definition) is 2. The molecule has 1 rings (SSSR count). The molecule has 0 bridgehead atoms. The molecule has 0 heterocycles. The molecule has 0 aromatic heterocycles. The lowest BCUT2D eigenvalue weighted by molar-refractivity contribution is 0.0938. The lowest BCUT2D eigenvalue weighted by atomic mass is 10.1. The lowest BCUT2D eigenvalue weighted by Crippen LogP contribution is -2.34. The molecule has 21 heavy (non-hydrogen) atoms. The van der Waals surface area contributed by atoms with E-state index in [0.717, 1.165) is 32.5 Å². The molecule has 1 aromatic carbocycles. The molecular weight excluding hydrogens is 286 g/mol. The second kappa shape index (κ2) is 8.90. The van der Waals surface area contributed by atoms with Crippen LogP contribution in [-0.2, 0) is 0 Å². The monoisotopic (exact) mass is 311 g/mol. The van der Waals surface area contributed by atoms with E-state index in [-0.39, 0.29) is 11.9 Å². The van der Waals surface area contributed by atoms with Gasteiger partial charge in [-0.1, -0.05) is 25.4 Å². The van der Waals surface area contributed by atoms with Crippen molar-refractivity contribution < 1.29 is 4.79 Å². The quantitative estimate of drug-likeness (QED) is 0.725. The van der Waals surface area contributed by atoms with Crippen LogP contribution in [0.3, 0.4) is 0 Å². The third kappa shape index (κ3) is 5.94. The number of rotatable bonds is 8. The summed E-state index contributed by atoms with van der Waals surface area (Å²) in [5.74, 6) is -0.162. The number of carbonyl (C=O) groups is 1. The number of anilines is 1. The van der Waals surface area contributed by atoms with Crippen LogP contribution in [0.1, 0.15) is 44.0 Å². The Morgan fingerprint density at radius 1 is 1.38 bits per heavy atom. The van der Waals surface area contributed by atoms with Crippen LogP contribution in [0.25, 0.3) is 0 Å². The van der Waals surface area contributed by atoms with Gasteiger partial charge in [0.15, 0.2) is 0 Å². The first-order valence-electron chi connectivity index (χ1n) is 7.56. The van der Waals surface area contributed by atoms with E-state index in [2.05, 4.69) is 24.1 Å². The average Bonchev–Trinajstić information content (AvgIpc) is 2.46. The fraction of sp³-hybridized carbons (Fsp3) is 0.562. The van der Waals surface area contributed by atoms with Gasteiger partial charge in [0.2, 0.25) is 0 Å². The summed E-state index contributed by atoms with van der Waals surface area (Å²) in [4.78, 5) is 14.6. The van der Waals surface area contributed by atoms with Crippen molar-refractivity contribution in [3.05, 3.63) is 28.8 Å². The van der Waals surface area contributed by atoms with Crippen molar-refractivity contribution in [2.45, 2.75) is 39.7 Å². The third-order valence-corrected chi connectivity index (χ3v) is 3.88. The number of nitrogens with zero attached hydrogens (tertiary/aromatic N) is 1. The molecule has 1 aromatic rings. The molecule has 0 fully saturated rings. The Morgan fingerprint density at radius 2 is 2.05 bits per heavy atom. The van der Waals surface area contributed by atoms with Crippen LogP contribution >= 0.6 is 11.6 Å². The van der Waals surface area contributed by atoms with Crippen molar-refractivity contribution in [1.82, 2.24) is 10.2 Å². The van der Waals surface area contributed by atoms with Crippen LogP contribution in [0.2, 0.25) is 5.02 Å². The molecule has 0 aliphatic heterocycles. The van der Waals surface area contributed by atoms with Crippen molar-refractivity contribution in [3.8, 4) is 0 Å². The van der Waals surface area contributed by atoms with Gasteiger partial charge in [0.05, 0.1) is 5.56 Å². The summed E-state index contributed by atoms with van der Waals surface area (Å²) in [6.45, 7) is 9.53. The second-order valence-corrected chi connectivity index (χ2v) is 5.71. The summed E-state index contributed by atoms with van der Waals surface area (Å²) in [5.41, 5.74) is 6.71. The van der Waals surface area contributed by atoms with E-state index >= 15 is 0 Å². The summed E-state index contributed by atoms with van der Waals surface area (Å²) in [7, 11) is 0. The van der Waals surface area contributed by atoms with E-state index in [9.17, 15) is 4.79 Å². The van der Waals surface area contributed by atoms with Crippen LogP contribution in [0, 0.1) is 0 Å². The van der Waals surface area contributed by atoms with Gasteiger partial charge in [0, 0.05) is 16.8 Å². The molecule has 0 saturated heterocycles. The fourth-order valence-electron chi connectivity index (χ4n) is 2.26. The molecule has 4 nitrogen and oxygen atoms in total. The Kier molecular flexibility index (Phi) is 7.54. The molecule has 3 N–H and O–H groups in total. The Morgan fingerprint density at radius 3 is 2.67 bits per heavy atom. The molecule has 118 valence electrons. The molecule has 1 unspecified atom stereocenters. The van der Waals surface area contributed by atoms with Crippen molar-refractivity contribution in [2.24, 2.45) is 0 Å². The van der Waals surface area contributed by atoms with Crippen molar-refractivity contribution in [3.63, 3.8) is 0 Å². The highest BCUT2D eigenvalue weighted by Gasteiger charge is 2.13. The highest BCUT2D eigenvalue weighted by atomic mass is 35.5. The number of benzene rings is 1. The van der Waals surface area contributed by atoms with Gasteiger partial charge in [-0.15, -0.1) is 0 Å². The zero-order valence-electron chi connectivity index (χ0n) is 13.2. The van der Waals surface area contributed by atoms with Gasteiger partial charge in [-0.2, -0.15) is 0 Å². The van der Waals surface area contributed by atoms with E-state index < -0.39 is 0 Å². The summed E-state index contributed by atoms with van der Waals surface area (Å²) in [6.07, 6.45) is 2.01. The molecule has 0 radical (unpaired) electrons. The third-order valence-electron chi connectivity index (χ3n) is 3.64. The minimum atomic E-state index is -0.162. The maximum atomic E-state index is 12.2. The van der Waals surface area contributed by atoms with Crippen molar-refractivity contribution >= 4 is 23.2 Å². The molecule has 0 aliphatic carbocycles. The number of hydrogen-bond acceptors (Lipinski definition) is 3. The number of nitrogens with two attached hydrogens (primary N) is 1. The largest absolute Gasteiger partial charge is 0.398 e. The normalized spacial score (nSPS) is 12.4. The number of halogens is 1. The number of amides is 1. The summed E-state index contributed by atoms with van der Waals surface area (Å²) in [6, 6.07) is 5.06. The fourth-order valence-corrected chi connectivity index (χ4v) is 2.43. The highest BCUT2D eigenvalue weighted by molar-refractivity contribution is 6.31. The zero-order chi connectivity index (χ0) is 15.8. The second-order valence-electron chi connectivity index (χ2n) is 5.28. The Balaban J connectivity index is 2.45. The minimum Gasteiger partial charge on any atom is -0.398 e. The first kappa shape index (κ1) is 17.8. The summed E-state index contributed by atoms with van der Waals surface area (Å²) >= 11 is 5.91. The SMILES string of the molecule is CCN(CC)CCCC(C)NC(=O)c1cc(Cl)ccc1N. The molecule has 5 heteroatoms. The van der Waals surface area contributed by atoms with E-state index in [1.165, 1.54) is 0 Å². The standard InChI is InChI=1S/C16H26ClN3O/c1-4-20(5-2)10-6-7-12(3)19-16(21)14-11-13(17)8-9-15(14)18/h8-9,11-12H,4-7,10,18H2,1-3H3,(H,19,21). The van der Waals surface area contributed by atoms with Crippen LogP contribution in [0.5, 0.6) is 0 Å². The molecule has 1 atom stereocenters. The van der Waals surface area contributed by atoms with E-state index in [4.69, 9.17) is 17.3 Å². The Bertz CT molecular complexity index is 461. The Labute approximate surface area is 132 Å². The first-order valence-corrected chi connectivity index (χ1v) is 7.93. The van der Waals surface area contributed by atoms with Crippen LogP contribution in [0.15, 0.2) is 18.2 Å². The van der Waals surface area contributed by atoms with E-state index in [1.807, 2.05) is 6.92 Å². The number of nitrogens with one attached hydrogen (secondary N) is 1. The molecule has 1 amide bonds. The van der Waals surface area contributed by atoms with Crippen molar-refractivity contribution in [2.75, 3.05) is 25.4 Å². The van der Waals surface area contributed by atoms with E-state index in [1.54, 1.807) is 18.2 Å². The molecule has 0 saturated carbocycles. The van der Waals surface area contributed by atoms with E-state index in [0.29, 0.717) is 16.3 Å². The minimum absolute atomic E-state index is 0.117. The highest BCUT2D eigenvalue weighted by Crippen LogP contribution is 2.18. The molecule has 0 aliphatic rings. The average molecular weight is 312 g/mol. The van der Waals surface area contributed by atoms with Gasteiger partial charge in [-0.05, 0) is 57.6 Å². The summed E-state index contributed by atoms with van der Waals surface area (Å²) in [5, 5.41) is 3.50. The van der Waals surface area contributed by atoms with Gasteiger partial charge >= 0.3 is 0 Å². The maximum Gasteiger partial charge on any atom is 0.253 e. The zero-order valence-corrected chi connectivity index (χ0v) is 13.9. The molecular formula is C16H26ClN3O. The van der Waals surface area contributed by atoms with Gasteiger partial charge in [0.1, 0.15) is 0 Å². The first-order chi connectivity index (χ1) is 9.97. The van der Waals surface area contributed by atoms with Crippen LogP contribution < -0.4 is 11.1 Å². The number of nitrogen functional groups attached to an aromatic ring is 1. The van der Waals surface area contributed by atoms with Gasteiger partial charge in [-0.3, -0.25) is 4.79 Å². The van der Waals surface area contributed by atoms with Crippen LogP contribution in [-0.4, -0.2) is 36.5 Å². The predicted octanol–water partition coefficient (Wildman–Crippen LogP) is 3.16. The topological polar surface area (TPSA) is 58.4 Å². The summed E-state index contributed by atoms with van der Waals surface area (Å²) < 4.78 is 0. The van der Waals surface area contributed by atoms with Crippen LogP contribution in [0.4, 0.5) is 5.69 Å². The van der Waals surface area contributed by atoms with Gasteiger partial charge in [0.25, 0.3) is 5.91 Å². The van der Waals surface area contributed by atoms with Gasteiger partial charge < -0.3 is 16.0 Å². The smallest absolute Gasteiger partial charge is 0.253 e. The van der Waals surface area contributed by atoms with Gasteiger partial charge in [-0.25, -0.2) is 0 Å². The number of carbonyl (C=O) groups excluding carboxylic acids is 1.